The number of rotatable bonds is 3. The Bertz CT molecular complexity index is 626. The molecule has 0 radical (unpaired) electrons. The maximum atomic E-state index is 10.3. The first kappa shape index (κ1) is 13.4. The van der Waals surface area contributed by atoms with E-state index in [-0.39, 0.29) is 6.04 Å². The molecule has 1 N–H and O–H groups in total. The maximum absolute atomic E-state index is 10.3. The molecule has 4 rings (SSSR count). The van der Waals surface area contributed by atoms with Crippen LogP contribution >= 0.6 is 0 Å². The lowest BCUT2D eigenvalue weighted by Gasteiger charge is -2.20. The van der Waals surface area contributed by atoms with E-state index in [1.807, 2.05) is 6.07 Å². The quantitative estimate of drug-likeness (QED) is 0.860. The number of aliphatic hydroxyl groups excluding tert-OH is 1. The molecule has 2 aromatic heterocycles. The van der Waals surface area contributed by atoms with Gasteiger partial charge >= 0.3 is 0 Å². The van der Waals surface area contributed by atoms with Crippen LogP contribution in [0.3, 0.4) is 0 Å². The number of β-amino-alcohol motifs (C(OH)–C–C–N with tert-alkyl or cyclic N) is 1. The van der Waals surface area contributed by atoms with Gasteiger partial charge in [-0.1, -0.05) is 5.21 Å². The van der Waals surface area contributed by atoms with E-state index >= 15 is 0 Å². The number of hydrogen-bond donors (Lipinski definition) is 1. The summed E-state index contributed by atoms with van der Waals surface area (Å²) >= 11 is 0. The van der Waals surface area contributed by atoms with Gasteiger partial charge in [-0.05, 0) is 12.8 Å². The molecule has 0 aliphatic carbocycles. The molecule has 8 heteroatoms. The second-order valence-corrected chi connectivity index (χ2v) is 5.85. The fraction of sp³-hybridized carbons (Fsp3) is 0.571. The monoisotopic (exact) mass is 301 g/mol. The van der Waals surface area contributed by atoms with Gasteiger partial charge in [-0.2, -0.15) is 0 Å². The molecule has 22 heavy (non-hydrogen) atoms. The second kappa shape index (κ2) is 5.53. The van der Waals surface area contributed by atoms with Crippen LogP contribution in [0.1, 0.15) is 18.9 Å². The molecule has 0 saturated carbocycles. The highest BCUT2D eigenvalue weighted by Crippen LogP contribution is 2.27. The minimum Gasteiger partial charge on any atom is -0.389 e. The largest absolute Gasteiger partial charge is 0.389 e. The molecule has 2 saturated heterocycles. The van der Waals surface area contributed by atoms with Crippen LogP contribution in [-0.2, 0) is 0 Å². The van der Waals surface area contributed by atoms with Gasteiger partial charge in [0.2, 0.25) is 0 Å². The highest BCUT2D eigenvalue weighted by molar-refractivity contribution is 5.51. The molecular weight excluding hydrogens is 282 g/mol. The molecule has 2 fully saturated rings. The summed E-state index contributed by atoms with van der Waals surface area (Å²) in [5.41, 5.74) is 0. The van der Waals surface area contributed by atoms with Crippen LogP contribution in [0, 0.1) is 0 Å². The molecule has 4 heterocycles. The van der Waals surface area contributed by atoms with Crippen molar-refractivity contribution in [2.45, 2.75) is 25.0 Å². The molecule has 2 atom stereocenters. The average Bonchev–Trinajstić information content (AvgIpc) is 3.29. The molecule has 0 amide bonds. The fourth-order valence-electron chi connectivity index (χ4n) is 3.24. The first-order chi connectivity index (χ1) is 10.8. The van der Waals surface area contributed by atoms with Crippen LogP contribution in [0.4, 0.5) is 11.6 Å². The molecule has 0 spiro atoms. The number of aliphatic hydroxyl groups is 1. The van der Waals surface area contributed by atoms with Gasteiger partial charge in [-0.15, -0.1) is 5.10 Å². The van der Waals surface area contributed by atoms with Crippen LogP contribution in [0.15, 0.2) is 24.8 Å². The molecule has 0 aromatic carbocycles. The van der Waals surface area contributed by atoms with Gasteiger partial charge < -0.3 is 14.9 Å². The third-order valence-corrected chi connectivity index (χ3v) is 4.43. The number of aromatic nitrogens is 5. The van der Waals surface area contributed by atoms with Crippen molar-refractivity contribution in [3.63, 3.8) is 0 Å². The van der Waals surface area contributed by atoms with E-state index < -0.39 is 6.10 Å². The Balaban J connectivity index is 1.54. The Morgan fingerprint density at radius 3 is 2.55 bits per heavy atom. The fourth-order valence-corrected chi connectivity index (χ4v) is 3.24. The van der Waals surface area contributed by atoms with Gasteiger partial charge in [-0.25, -0.2) is 14.6 Å². The zero-order chi connectivity index (χ0) is 14.9. The van der Waals surface area contributed by atoms with Gasteiger partial charge in [0.15, 0.2) is 0 Å². The van der Waals surface area contributed by atoms with E-state index in [1.165, 1.54) is 12.8 Å². The third-order valence-electron chi connectivity index (χ3n) is 4.43. The highest BCUT2D eigenvalue weighted by atomic mass is 16.3. The van der Waals surface area contributed by atoms with Crippen LogP contribution in [-0.4, -0.2) is 62.4 Å². The Kier molecular flexibility index (Phi) is 3.38. The summed E-state index contributed by atoms with van der Waals surface area (Å²) in [6.45, 7) is 3.32. The highest BCUT2D eigenvalue weighted by Gasteiger charge is 2.34. The molecule has 8 nitrogen and oxygen atoms in total. The maximum Gasteiger partial charge on any atom is 0.134 e. The SMILES string of the molecule is O[C@@H]1CN(c2cc(N3CCCC3)ncn2)C[C@H]1n1ccnn1. The minimum atomic E-state index is -0.480. The molecule has 2 aliphatic heterocycles. The van der Waals surface area contributed by atoms with Gasteiger partial charge in [0.25, 0.3) is 0 Å². The Hall–Kier alpha value is -2.22. The first-order valence-electron chi connectivity index (χ1n) is 7.67. The number of anilines is 2. The lowest BCUT2D eigenvalue weighted by molar-refractivity contribution is 0.144. The molecule has 0 unspecified atom stereocenters. The van der Waals surface area contributed by atoms with Crippen molar-refractivity contribution in [3.05, 3.63) is 24.8 Å². The minimum absolute atomic E-state index is 0.0901. The molecule has 0 bridgehead atoms. The average molecular weight is 301 g/mol. The number of nitrogens with zero attached hydrogens (tertiary/aromatic N) is 7. The van der Waals surface area contributed by atoms with Gasteiger partial charge in [0.1, 0.15) is 18.0 Å². The summed E-state index contributed by atoms with van der Waals surface area (Å²) < 4.78 is 1.72. The molecule has 2 aliphatic rings. The Morgan fingerprint density at radius 2 is 1.82 bits per heavy atom. The van der Waals surface area contributed by atoms with E-state index in [4.69, 9.17) is 0 Å². The first-order valence-corrected chi connectivity index (χ1v) is 7.67. The predicted molar refractivity (Wildman–Crippen MR) is 80.8 cm³/mol. The lowest BCUT2D eigenvalue weighted by atomic mass is 10.2. The summed E-state index contributed by atoms with van der Waals surface area (Å²) in [5, 5.41) is 18.1. The van der Waals surface area contributed by atoms with Crippen molar-refractivity contribution in [1.82, 2.24) is 25.0 Å². The topological polar surface area (TPSA) is 83.2 Å². The van der Waals surface area contributed by atoms with E-state index in [2.05, 4.69) is 30.1 Å². The molecule has 116 valence electrons. The Morgan fingerprint density at radius 1 is 1.05 bits per heavy atom. The van der Waals surface area contributed by atoms with Crippen LogP contribution in [0.2, 0.25) is 0 Å². The lowest BCUT2D eigenvalue weighted by Crippen LogP contribution is -2.24. The smallest absolute Gasteiger partial charge is 0.134 e. The van der Waals surface area contributed by atoms with Crippen molar-refractivity contribution in [2.75, 3.05) is 36.0 Å². The van der Waals surface area contributed by atoms with Gasteiger partial charge in [-0.3, -0.25) is 0 Å². The summed E-state index contributed by atoms with van der Waals surface area (Å²) in [4.78, 5) is 13.1. The third kappa shape index (κ3) is 2.39. The van der Waals surface area contributed by atoms with E-state index in [0.29, 0.717) is 13.1 Å². The summed E-state index contributed by atoms with van der Waals surface area (Å²) in [7, 11) is 0. The van der Waals surface area contributed by atoms with E-state index in [0.717, 1.165) is 24.7 Å². The van der Waals surface area contributed by atoms with Crippen LogP contribution in [0.5, 0.6) is 0 Å². The van der Waals surface area contributed by atoms with Crippen molar-refractivity contribution < 1.29 is 5.11 Å². The van der Waals surface area contributed by atoms with Crippen molar-refractivity contribution >= 4 is 11.6 Å². The van der Waals surface area contributed by atoms with Crippen molar-refractivity contribution in [3.8, 4) is 0 Å². The zero-order valence-electron chi connectivity index (χ0n) is 12.3. The zero-order valence-corrected chi connectivity index (χ0v) is 12.3. The van der Waals surface area contributed by atoms with Gasteiger partial charge in [0.05, 0.1) is 18.3 Å². The Labute approximate surface area is 128 Å². The summed E-state index contributed by atoms with van der Waals surface area (Å²) in [5.74, 6) is 1.83. The molecule has 2 aromatic rings. The van der Waals surface area contributed by atoms with Gasteiger partial charge in [0, 0.05) is 38.4 Å². The van der Waals surface area contributed by atoms with Crippen LogP contribution in [0.25, 0.3) is 0 Å². The predicted octanol–water partition coefficient (Wildman–Crippen LogP) is 0.0905. The van der Waals surface area contributed by atoms with E-state index in [1.54, 1.807) is 23.4 Å². The summed E-state index contributed by atoms with van der Waals surface area (Å²) in [6, 6.07) is 1.93. The summed E-state index contributed by atoms with van der Waals surface area (Å²) in [6.07, 6.45) is 6.98. The van der Waals surface area contributed by atoms with Crippen LogP contribution < -0.4 is 9.80 Å². The van der Waals surface area contributed by atoms with E-state index in [9.17, 15) is 5.11 Å². The second-order valence-electron chi connectivity index (χ2n) is 5.85. The molecular formula is C14H19N7O. The van der Waals surface area contributed by atoms with Crippen molar-refractivity contribution in [1.29, 1.82) is 0 Å². The normalized spacial score (nSPS) is 25.1. The van der Waals surface area contributed by atoms with Crippen molar-refractivity contribution in [2.24, 2.45) is 0 Å². The number of hydrogen-bond acceptors (Lipinski definition) is 7. The standard InChI is InChI=1S/C14H19N7O/c22-12-9-20(8-11(12)21-6-3-17-18-21)14-7-13(15-10-16-14)19-4-1-2-5-19/h3,6-7,10-12,22H,1-2,4-5,8-9H2/t11-,12-/m1/s1.